The normalized spacial score (nSPS) is 10.2. The highest BCUT2D eigenvalue weighted by Gasteiger charge is 2.05. The predicted octanol–water partition coefficient (Wildman–Crippen LogP) is 2.77. The number of rotatable bonds is 3. The van der Waals surface area contributed by atoms with E-state index in [2.05, 4.69) is 4.98 Å². The summed E-state index contributed by atoms with van der Waals surface area (Å²) >= 11 is 0. The Balaban J connectivity index is 2.37. The van der Waals surface area contributed by atoms with Gasteiger partial charge >= 0.3 is 0 Å². The second kappa shape index (κ2) is 4.82. The Kier molecular flexibility index (Phi) is 3.23. The number of benzene rings is 1. The Morgan fingerprint density at radius 1 is 1.18 bits per heavy atom. The lowest BCUT2D eigenvalue weighted by atomic mass is 10.1. The molecule has 0 bridgehead atoms. The molecule has 0 unspecified atom stereocenters. The van der Waals surface area contributed by atoms with Gasteiger partial charge in [-0.05, 0) is 23.8 Å². The second-order valence-corrected chi connectivity index (χ2v) is 3.54. The monoisotopic (exact) mass is 233 g/mol. The van der Waals surface area contributed by atoms with E-state index in [0.29, 0.717) is 23.1 Å². The number of pyridine rings is 1. The van der Waals surface area contributed by atoms with E-state index < -0.39 is 11.6 Å². The molecule has 2 aromatic rings. The number of carbonyl (C=O) groups is 1. The third-order valence-electron chi connectivity index (χ3n) is 2.38. The van der Waals surface area contributed by atoms with Crippen molar-refractivity contribution in [1.29, 1.82) is 0 Å². The first-order valence-corrected chi connectivity index (χ1v) is 5.04. The quantitative estimate of drug-likeness (QED) is 0.763. The van der Waals surface area contributed by atoms with E-state index in [9.17, 15) is 13.6 Å². The van der Waals surface area contributed by atoms with Crippen LogP contribution < -0.4 is 0 Å². The number of hydrogen-bond acceptors (Lipinski definition) is 2. The van der Waals surface area contributed by atoms with Gasteiger partial charge in [-0.25, -0.2) is 8.78 Å². The lowest BCUT2D eigenvalue weighted by Gasteiger charge is -2.03. The van der Waals surface area contributed by atoms with Crippen molar-refractivity contribution in [3.05, 3.63) is 53.7 Å². The lowest BCUT2D eigenvalue weighted by Crippen LogP contribution is -1.93. The summed E-state index contributed by atoms with van der Waals surface area (Å²) in [6.07, 6.45) is 1.77. The van der Waals surface area contributed by atoms with Gasteiger partial charge in [0.25, 0.3) is 0 Å². The minimum atomic E-state index is -0.458. The van der Waals surface area contributed by atoms with Crippen molar-refractivity contribution in [2.24, 2.45) is 0 Å². The van der Waals surface area contributed by atoms with Gasteiger partial charge in [0.1, 0.15) is 17.9 Å². The summed E-state index contributed by atoms with van der Waals surface area (Å²) in [6.45, 7) is 0. The molecule has 17 heavy (non-hydrogen) atoms. The molecule has 1 aromatic carbocycles. The van der Waals surface area contributed by atoms with Crippen LogP contribution in [0.25, 0.3) is 11.3 Å². The maximum absolute atomic E-state index is 13.5. The van der Waals surface area contributed by atoms with Gasteiger partial charge in [-0.3, -0.25) is 4.98 Å². The molecular formula is C13H9F2NO. The molecule has 0 fully saturated rings. The topological polar surface area (TPSA) is 30.0 Å². The minimum absolute atomic E-state index is 0.0446. The first-order chi connectivity index (χ1) is 8.20. The summed E-state index contributed by atoms with van der Waals surface area (Å²) in [4.78, 5) is 14.2. The molecule has 0 aliphatic carbocycles. The van der Waals surface area contributed by atoms with Crippen LogP contribution in [-0.2, 0) is 11.2 Å². The van der Waals surface area contributed by atoms with Crippen LogP contribution in [0, 0.1) is 11.6 Å². The molecule has 1 heterocycles. The van der Waals surface area contributed by atoms with Gasteiger partial charge in [-0.1, -0.05) is 12.1 Å². The summed E-state index contributed by atoms with van der Waals surface area (Å²) in [5.74, 6) is -0.896. The van der Waals surface area contributed by atoms with Crippen LogP contribution in [0.1, 0.15) is 5.56 Å². The number of carbonyl (C=O) groups excluding carboxylic acids is 1. The molecule has 0 radical (unpaired) electrons. The van der Waals surface area contributed by atoms with Crippen molar-refractivity contribution in [2.45, 2.75) is 6.42 Å². The van der Waals surface area contributed by atoms with Crippen LogP contribution in [-0.4, -0.2) is 11.3 Å². The van der Waals surface area contributed by atoms with Gasteiger partial charge in [0.15, 0.2) is 0 Å². The first-order valence-electron chi connectivity index (χ1n) is 5.04. The van der Waals surface area contributed by atoms with E-state index in [1.165, 1.54) is 24.3 Å². The first kappa shape index (κ1) is 11.4. The zero-order valence-electron chi connectivity index (χ0n) is 8.86. The lowest BCUT2D eigenvalue weighted by molar-refractivity contribution is -0.107. The van der Waals surface area contributed by atoms with Crippen molar-refractivity contribution in [1.82, 2.24) is 4.98 Å². The van der Waals surface area contributed by atoms with E-state index in [1.54, 1.807) is 6.07 Å². The minimum Gasteiger partial charge on any atom is -0.303 e. The number of aromatic nitrogens is 1. The molecule has 86 valence electrons. The van der Waals surface area contributed by atoms with Crippen molar-refractivity contribution in [3.8, 4) is 11.3 Å². The Morgan fingerprint density at radius 3 is 2.59 bits per heavy atom. The summed E-state index contributed by atoms with van der Waals surface area (Å²) in [5, 5.41) is 0. The molecule has 4 heteroatoms. The van der Waals surface area contributed by atoms with Crippen molar-refractivity contribution in [3.63, 3.8) is 0 Å². The zero-order chi connectivity index (χ0) is 12.3. The number of nitrogens with zero attached hydrogens (tertiary/aromatic N) is 1. The average molecular weight is 233 g/mol. The second-order valence-electron chi connectivity index (χ2n) is 3.54. The standard InChI is InChI=1S/C13H9F2NO/c14-11-3-4-13(16-8-11)10-2-1-9(5-6-17)12(15)7-10/h1-4,6-8H,5H2. The Morgan fingerprint density at radius 2 is 2.00 bits per heavy atom. The fourth-order valence-electron chi connectivity index (χ4n) is 1.51. The largest absolute Gasteiger partial charge is 0.303 e. The van der Waals surface area contributed by atoms with E-state index in [4.69, 9.17) is 0 Å². The fraction of sp³-hybridized carbons (Fsp3) is 0.0769. The van der Waals surface area contributed by atoms with Crippen LogP contribution in [0.5, 0.6) is 0 Å². The predicted molar refractivity (Wildman–Crippen MR) is 59.4 cm³/mol. The van der Waals surface area contributed by atoms with Crippen LogP contribution in [0.15, 0.2) is 36.5 Å². The molecule has 0 N–H and O–H groups in total. The van der Waals surface area contributed by atoms with E-state index in [-0.39, 0.29) is 6.42 Å². The fourth-order valence-corrected chi connectivity index (χ4v) is 1.51. The van der Waals surface area contributed by atoms with Gasteiger partial charge in [0.05, 0.1) is 11.9 Å². The van der Waals surface area contributed by atoms with Gasteiger partial charge in [0, 0.05) is 12.0 Å². The molecule has 0 saturated carbocycles. The van der Waals surface area contributed by atoms with Gasteiger partial charge in [-0.2, -0.15) is 0 Å². The Labute approximate surface area is 96.9 Å². The average Bonchev–Trinajstić information content (AvgIpc) is 2.33. The van der Waals surface area contributed by atoms with Crippen LogP contribution >= 0.6 is 0 Å². The number of aldehydes is 1. The highest BCUT2D eigenvalue weighted by molar-refractivity contribution is 5.61. The van der Waals surface area contributed by atoms with Crippen LogP contribution in [0.3, 0.4) is 0 Å². The SMILES string of the molecule is O=CCc1ccc(-c2ccc(F)cn2)cc1F. The van der Waals surface area contributed by atoms with Gasteiger partial charge < -0.3 is 4.79 Å². The van der Waals surface area contributed by atoms with E-state index in [1.807, 2.05) is 0 Å². The zero-order valence-corrected chi connectivity index (χ0v) is 8.86. The van der Waals surface area contributed by atoms with E-state index in [0.717, 1.165) is 6.20 Å². The number of halogens is 2. The maximum Gasteiger partial charge on any atom is 0.141 e. The Bertz CT molecular complexity index is 538. The molecule has 0 aliphatic rings. The van der Waals surface area contributed by atoms with Crippen LogP contribution in [0.4, 0.5) is 8.78 Å². The molecule has 0 aliphatic heterocycles. The third-order valence-corrected chi connectivity index (χ3v) is 2.38. The molecule has 0 atom stereocenters. The summed E-state index contributed by atoms with van der Waals surface area (Å²) in [6, 6.07) is 7.22. The van der Waals surface area contributed by atoms with Crippen molar-refractivity contribution >= 4 is 6.29 Å². The molecule has 0 amide bonds. The Hall–Kier alpha value is -2.10. The molecule has 2 rings (SSSR count). The smallest absolute Gasteiger partial charge is 0.141 e. The molecule has 2 nitrogen and oxygen atoms in total. The van der Waals surface area contributed by atoms with Crippen molar-refractivity contribution in [2.75, 3.05) is 0 Å². The van der Waals surface area contributed by atoms with Gasteiger partial charge in [0.2, 0.25) is 0 Å². The van der Waals surface area contributed by atoms with Crippen LogP contribution in [0.2, 0.25) is 0 Å². The summed E-state index contributed by atoms with van der Waals surface area (Å²) < 4.78 is 26.2. The molecule has 1 aromatic heterocycles. The number of hydrogen-bond donors (Lipinski definition) is 0. The van der Waals surface area contributed by atoms with Crippen molar-refractivity contribution < 1.29 is 13.6 Å². The molecular weight excluding hydrogens is 224 g/mol. The summed E-state index contributed by atoms with van der Waals surface area (Å²) in [5.41, 5.74) is 1.38. The summed E-state index contributed by atoms with van der Waals surface area (Å²) in [7, 11) is 0. The highest BCUT2D eigenvalue weighted by Crippen LogP contribution is 2.20. The molecule has 0 saturated heterocycles. The van der Waals surface area contributed by atoms with Gasteiger partial charge in [-0.15, -0.1) is 0 Å². The third kappa shape index (κ3) is 2.53. The van der Waals surface area contributed by atoms with E-state index >= 15 is 0 Å². The maximum atomic E-state index is 13.5. The highest BCUT2D eigenvalue weighted by atomic mass is 19.1. The molecule has 0 spiro atoms.